The van der Waals surface area contributed by atoms with E-state index in [0.717, 1.165) is 0 Å². The largest absolute Gasteiger partial charge is 0.242 e. The predicted octanol–water partition coefficient (Wildman–Crippen LogP) is 0.799. The summed E-state index contributed by atoms with van der Waals surface area (Å²) in [5, 5.41) is 7.26. The molecule has 0 radical (unpaired) electrons. The van der Waals surface area contributed by atoms with Crippen molar-refractivity contribution in [3.8, 4) is 0 Å². The highest BCUT2D eigenvalue weighted by Gasteiger charge is 1.47. The van der Waals surface area contributed by atoms with Crippen molar-refractivity contribution in [2.24, 2.45) is 0 Å². The summed E-state index contributed by atoms with van der Waals surface area (Å²) >= 11 is 4.05. The molecule has 0 aromatic rings. The molecular weight excluding hydrogens is 95.0 g/mol. The zero-order chi connectivity index (χ0) is 3.41. The Morgan fingerprint density at radius 1 is 2.00 bits per heavy atom. The third-order valence-electron chi connectivity index (χ3n) is 0.0333. The summed E-state index contributed by atoms with van der Waals surface area (Å²) in [6.07, 6.45) is 0. The second-order valence-corrected chi connectivity index (χ2v) is 0.916. The van der Waals surface area contributed by atoms with Gasteiger partial charge in [-0.2, -0.15) is 4.67 Å². The van der Waals surface area contributed by atoms with Gasteiger partial charge in [0.2, 0.25) is 0 Å². The molecule has 0 aliphatic heterocycles. The third-order valence-corrected chi connectivity index (χ3v) is 0.300. The number of hydrogen-bond acceptors (Lipinski definition) is 3. The van der Waals surface area contributed by atoms with Gasteiger partial charge in [-0.3, -0.25) is 0 Å². The third kappa shape index (κ3) is 2.44. The van der Waals surface area contributed by atoms with Crippen molar-refractivity contribution >= 4 is 19.4 Å². The standard InChI is InChI=1S/HO2PS/c1-2-3-4/h1H. The minimum absolute atomic E-state index is 0.137. The van der Waals surface area contributed by atoms with E-state index in [1.54, 1.807) is 0 Å². The molecule has 0 unspecified atom stereocenters. The second kappa shape index (κ2) is 3.44. The van der Waals surface area contributed by atoms with Crippen LogP contribution in [0.5, 0.6) is 0 Å². The van der Waals surface area contributed by atoms with Crippen LogP contribution in [-0.2, 0) is 16.5 Å². The highest BCUT2D eigenvalue weighted by Crippen LogP contribution is 1.83. The van der Waals surface area contributed by atoms with Crippen molar-refractivity contribution in [3.63, 3.8) is 0 Å². The van der Waals surface area contributed by atoms with Gasteiger partial charge in [0.15, 0.2) is 7.58 Å². The van der Waals surface area contributed by atoms with Crippen LogP contribution in [0.3, 0.4) is 0 Å². The molecule has 24 valence electrons. The lowest BCUT2D eigenvalue weighted by molar-refractivity contribution is -0.119. The second-order valence-electron chi connectivity index (χ2n) is 0.156. The summed E-state index contributed by atoms with van der Waals surface area (Å²) in [5.74, 6) is 0. The van der Waals surface area contributed by atoms with E-state index in [-0.39, 0.29) is 7.58 Å². The zero-order valence-corrected chi connectivity index (χ0v) is 3.42. The average molecular weight is 96.0 g/mol. The molecule has 0 fully saturated rings. The zero-order valence-electron chi connectivity index (χ0n) is 1.71. The maximum Gasteiger partial charge on any atom is 0.177 e. The van der Waals surface area contributed by atoms with E-state index in [1.807, 2.05) is 0 Å². The van der Waals surface area contributed by atoms with Gasteiger partial charge >= 0.3 is 0 Å². The van der Waals surface area contributed by atoms with Crippen molar-refractivity contribution in [2.75, 3.05) is 0 Å². The van der Waals surface area contributed by atoms with Crippen molar-refractivity contribution in [2.45, 2.75) is 0 Å². The van der Waals surface area contributed by atoms with Gasteiger partial charge in [0.1, 0.15) is 0 Å². The molecule has 1 N–H and O–H groups in total. The first-order valence-corrected chi connectivity index (χ1v) is 2.37. The fourth-order valence-corrected chi connectivity index (χ4v) is 0. The molecule has 0 aromatic carbocycles. The SMILES string of the molecule is OOP=S. The fourth-order valence-electron chi connectivity index (χ4n) is 0. The Bertz CT molecular complexity index is 20.0. The van der Waals surface area contributed by atoms with Gasteiger partial charge in [0.25, 0.3) is 0 Å². The Morgan fingerprint density at radius 3 is 2.25 bits per heavy atom. The first-order valence-electron chi connectivity index (χ1n) is 0.548. The van der Waals surface area contributed by atoms with E-state index in [1.165, 1.54) is 0 Å². The van der Waals surface area contributed by atoms with E-state index in [2.05, 4.69) is 16.5 Å². The van der Waals surface area contributed by atoms with Gasteiger partial charge in [-0.05, 0) is 11.8 Å². The summed E-state index contributed by atoms with van der Waals surface area (Å²) < 4.78 is 3.33. The monoisotopic (exact) mass is 95.9 g/mol. The first kappa shape index (κ1) is 4.44. The normalized spacial score (nSPS) is 8.25. The van der Waals surface area contributed by atoms with Gasteiger partial charge in [-0.15, -0.1) is 0 Å². The van der Waals surface area contributed by atoms with E-state index < -0.39 is 0 Å². The Morgan fingerprint density at radius 2 is 2.25 bits per heavy atom. The molecule has 0 heterocycles. The molecule has 0 aromatic heterocycles. The molecule has 0 amide bonds. The Labute approximate surface area is 30.2 Å². The molecule has 2 nitrogen and oxygen atoms in total. The molecule has 4 heavy (non-hydrogen) atoms. The molecule has 0 rings (SSSR count). The predicted molar refractivity (Wildman–Crippen MR) is 18.0 cm³/mol. The summed E-state index contributed by atoms with van der Waals surface area (Å²) in [6.45, 7) is 0. The Hall–Kier alpha value is 0.440. The topological polar surface area (TPSA) is 29.5 Å². The Kier molecular flexibility index (Phi) is 3.82. The van der Waals surface area contributed by atoms with Crippen LogP contribution in [0.2, 0.25) is 0 Å². The molecule has 0 saturated heterocycles. The first-order chi connectivity index (χ1) is 1.91. The van der Waals surface area contributed by atoms with Crippen LogP contribution in [0, 0.1) is 0 Å². The highest BCUT2D eigenvalue weighted by molar-refractivity contribution is 7.94. The van der Waals surface area contributed by atoms with Crippen molar-refractivity contribution < 1.29 is 9.93 Å². The van der Waals surface area contributed by atoms with Gasteiger partial charge in [-0.1, -0.05) is 0 Å². The maximum absolute atomic E-state index is 7.26. The van der Waals surface area contributed by atoms with Crippen molar-refractivity contribution in [3.05, 3.63) is 0 Å². The molecule has 0 atom stereocenters. The quantitative estimate of drug-likeness (QED) is 0.297. The summed E-state index contributed by atoms with van der Waals surface area (Å²) in [7, 11) is 0.137. The maximum atomic E-state index is 7.26. The lowest BCUT2D eigenvalue weighted by Gasteiger charge is -1.59. The van der Waals surface area contributed by atoms with Crippen LogP contribution in [0.15, 0.2) is 0 Å². The minimum Gasteiger partial charge on any atom is -0.242 e. The minimum atomic E-state index is 0.137. The summed E-state index contributed by atoms with van der Waals surface area (Å²) in [5.41, 5.74) is 0. The number of rotatable bonds is 1. The summed E-state index contributed by atoms with van der Waals surface area (Å²) in [4.78, 5) is 0. The van der Waals surface area contributed by atoms with E-state index in [9.17, 15) is 0 Å². The van der Waals surface area contributed by atoms with Crippen LogP contribution in [0.1, 0.15) is 0 Å². The average Bonchev–Trinajstić information content (AvgIpc) is 1.37. The highest BCUT2D eigenvalue weighted by atomic mass is 32.4. The molecular formula is HO2PS. The fraction of sp³-hybridized carbons (Fsp3) is 0. The van der Waals surface area contributed by atoms with Crippen LogP contribution < -0.4 is 0 Å². The lowest BCUT2D eigenvalue weighted by Crippen LogP contribution is -1.44. The van der Waals surface area contributed by atoms with Crippen molar-refractivity contribution in [1.29, 1.82) is 0 Å². The van der Waals surface area contributed by atoms with Crippen LogP contribution in [-0.4, -0.2) is 5.26 Å². The van der Waals surface area contributed by atoms with Gasteiger partial charge < -0.3 is 0 Å². The van der Waals surface area contributed by atoms with Gasteiger partial charge in [0, 0.05) is 0 Å². The molecule has 0 spiro atoms. The van der Waals surface area contributed by atoms with Crippen LogP contribution in [0.25, 0.3) is 0 Å². The van der Waals surface area contributed by atoms with Gasteiger partial charge in [-0.25, -0.2) is 5.26 Å². The van der Waals surface area contributed by atoms with E-state index in [0.29, 0.717) is 0 Å². The molecule has 0 aliphatic rings. The van der Waals surface area contributed by atoms with Crippen LogP contribution in [0.4, 0.5) is 0 Å². The lowest BCUT2D eigenvalue weighted by atomic mass is 15.0. The number of hydrogen-bond donors (Lipinski definition) is 1. The van der Waals surface area contributed by atoms with Crippen LogP contribution >= 0.6 is 7.58 Å². The van der Waals surface area contributed by atoms with Gasteiger partial charge in [0.05, 0.1) is 0 Å². The molecule has 0 bridgehead atoms. The van der Waals surface area contributed by atoms with E-state index >= 15 is 0 Å². The molecule has 0 saturated carbocycles. The smallest absolute Gasteiger partial charge is 0.177 e. The summed E-state index contributed by atoms with van der Waals surface area (Å²) in [6, 6.07) is 0. The van der Waals surface area contributed by atoms with Crippen molar-refractivity contribution in [1.82, 2.24) is 0 Å². The van der Waals surface area contributed by atoms with E-state index in [4.69, 9.17) is 5.26 Å². The molecule has 4 heteroatoms. The Balaban J connectivity index is 2.30. The molecule has 0 aliphatic carbocycles.